The molecule has 0 unspecified atom stereocenters. The number of nitrogens with two attached hydrogens (primary N) is 1. The molecule has 9 heavy (non-hydrogen) atoms. The van der Waals surface area contributed by atoms with Crippen molar-refractivity contribution in [2.75, 3.05) is 0 Å². The van der Waals surface area contributed by atoms with Gasteiger partial charge in [-0.1, -0.05) is 6.92 Å². The number of hydrogen-bond acceptors (Lipinski definition) is 3. The van der Waals surface area contributed by atoms with Crippen LogP contribution in [0.15, 0.2) is 22.0 Å². The van der Waals surface area contributed by atoms with Crippen LogP contribution < -0.4 is 5.73 Å². The highest BCUT2D eigenvalue weighted by atomic mass is 14.9. The zero-order chi connectivity index (χ0) is 7.11. The number of rotatable bonds is 3. The van der Waals surface area contributed by atoms with Crippen LogP contribution in [-0.2, 0) is 0 Å². The molecule has 3 nitrogen and oxygen atoms in total. The normalized spacial score (nSPS) is 12.3. The zero-order valence-corrected chi connectivity index (χ0v) is 5.54. The minimum absolute atomic E-state index is 0.469. The fourth-order valence-corrected chi connectivity index (χ4v) is 0.321. The molecule has 0 spiro atoms. The van der Waals surface area contributed by atoms with E-state index >= 15 is 0 Å². The van der Waals surface area contributed by atoms with E-state index in [1.807, 2.05) is 6.92 Å². The summed E-state index contributed by atoms with van der Waals surface area (Å²) in [5.74, 6) is 0.469. The van der Waals surface area contributed by atoms with Gasteiger partial charge < -0.3 is 5.73 Å². The van der Waals surface area contributed by atoms with E-state index in [-0.39, 0.29) is 0 Å². The number of hydrogen-bond donors (Lipinski definition) is 1. The van der Waals surface area contributed by atoms with Gasteiger partial charge >= 0.3 is 0 Å². The van der Waals surface area contributed by atoms with Crippen LogP contribution in [0.2, 0.25) is 0 Å². The van der Waals surface area contributed by atoms with Crippen LogP contribution in [0.25, 0.3) is 0 Å². The molecule has 0 heterocycles. The van der Waals surface area contributed by atoms with E-state index in [1.54, 1.807) is 6.21 Å². The van der Waals surface area contributed by atoms with Crippen LogP contribution >= 0.6 is 0 Å². The van der Waals surface area contributed by atoms with Crippen LogP contribution in [0.3, 0.4) is 0 Å². The van der Waals surface area contributed by atoms with E-state index in [1.165, 1.54) is 6.20 Å². The van der Waals surface area contributed by atoms with Crippen molar-refractivity contribution in [3.05, 3.63) is 12.0 Å². The molecule has 0 radical (unpaired) electrons. The molecule has 0 aliphatic heterocycles. The topological polar surface area (TPSA) is 50.7 Å². The average Bonchev–Trinajstić information content (AvgIpc) is 1.91. The van der Waals surface area contributed by atoms with Gasteiger partial charge in [0, 0.05) is 12.4 Å². The van der Waals surface area contributed by atoms with Crippen LogP contribution in [0.5, 0.6) is 0 Å². The van der Waals surface area contributed by atoms with Gasteiger partial charge in [-0.2, -0.15) is 0 Å². The van der Waals surface area contributed by atoms with E-state index in [0.717, 1.165) is 6.42 Å². The second-order valence-corrected chi connectivity index (χ2v) is 1.40. The molecule has 3 heteroatoms. The van der Waals surface area contributed by atoms with Crippen molar-refractivity contribution in [2.45, 2.75) is 13.3 Å². The van der Waals surface area contributed by atoms with Gasteiger partial charge in [0.25, 0.3) is 0 Å². The smallest absolute Gasteiger partial charge is 0.166 e. The van der Waals surface area contributed by atoms with Gasteiger partial charge in [-0.05, 0) is 13.1 Å². The Bertz CT molecular complexity index is 135. The summed E-state index contributed by atoms with van der Waals surface area (Å²) in [6, 6.07) is 0. The van der Waals surface area contributed by atoms with Crippen LogP contribution in [0, 0.1) is 0 Å². The van der Waals surface area contributed by atoms with Gasteiger partial charge in [0.2, 0.25) is 0 Å². The lowest BCUT2D eigenvalue weighted by molar-refractivity contribution is 1.20. The molecule has 50 valence electrons. The first-order valence-electron chi connectivity index (χ1n) is 2.76. The molecule has 0 bridgehead atoms. The standard InChI is InChI=1S/C6H11N3/c1-3-4-9-6(5-7)8-2/h4-5H,2-3,7H2,1H3/b6-5-,9-4?. The van der Waals surface area contributed by atoms with Crippen molar-refractivity contribution in [1.29, 1.82) is 0 Å². The zero-order valence-electron chi connectivity index (χ0n) is 5.54. The first-order valence-corrected chi connectivity index (χ1v) is 2.76. The highest BCUT2D eigenvalue weighted by Gasteiger charge is 1.79. The van der Waals surface area contributed by atoms with Crippen molar-refractivity contribution in [1.82, 2.24) is 0 Å². The third kappa shape index (κ3) is 3.46. The molecule has 0 aromatic rings. The molecule has 2 N–H and O–H groups in total. The van der Waals surface area contributed by atoms with E-state index in [2.05, 4.69) is 16.7 Å². The predicted molar refractivity (Wildman–Crippen MR) is 40.6 cm³/mol. The van der Waals surface area contributed by atoms with Gasteiger partial charge in [-0.25, -0.2) is 9.98 Å². The van der Waals surface area contributed by atoms with Gasteiger partial charge in [0.05, 0.1) is 0 Å². The average molecular weight is 125 g/mol. The first-order chi connectivity index (χ1) is 4.35. The summed E-state index contributed by atoms with van der Waals surface area (Å²) >= 11 is 0. The van der Waals surface area contributed by atoms with Gasteiger partial charge in [-0.15, -0.1) is 0 Å². The van der Waals surface area contributed by atoms with Crippen molar-refractivity contribution in [3.8, 4) is 0 Å². The molecule has 0 rings (SSSR count). The summed E-state index contributed by atoms with van der Waals surface area (Å²) in [6.45, 7) is 5.26. The SMILES string of the molecule is C=N/C(=C/N)N=CCC. The minimum Gasteiger partial charge on any atom is -0.402 e. The van der Waals surface area contributed by atoms with Crippen molar-refractivity contribution < 1.29 is 0 Å². The Balaban J connectivity index is 3.84. The summed E-state index contributed by atoms with van der Waals surface area (Å²) in [6.07, 6.45) is 3.93. The highest BCUT2D eigenvalue weighted by molar-refractivity contribution is 5.58. The summed E-state index contributed by atoms with van der Waals surface area (Å²) in [7, 11) is 0. The molecule has 0 aromatic carbocycles. The quantitative estimate of drug-likeness (QED) is 0.560. The molecule has 0 atom stereocenters. The lowest BCUT2D eigenvalue weighted by atomic mass is 10.5. The van der Waals surface area contributed by atoms with Crippen molar-refractivity contribution in [2.24, 2.45) is 15.7 Å². The van der Waals surface area contributed by atoms with Crippen LogP contribution in [-0.4, -0.2) is 12.9 Å². The molecular weight excluding hydrogens is 114 g/mol. The van der Waals surface area contributed by atoms with Crippen molar-refractivity contribution in [3.63, 3.8) is 0 Å². The van der Waals surface area contributed by atoms with Gasteiger partial charge in [0.15, 0.2) is 5.82 Å². The Morgan fingerprint density at radius 2 is 2.44 bits per heavy atom. The Morgan fingerprint density at radius 1 is 1.78 bits per heavy atom. The van der Waals surface area contributed by atoms with E-state index in [4.69, 9.17) is 5.73 Å². The third-order valence-electron chi connectivity index (χ3n) is 0.717. The molecule has 0 aliphatic rings. The maximum Gasteiger partial charge on any atom is 0.166 e. The van der Waals surface area contributed by atoms with Gasteiger partial charge in [-0.3, -0.25) is 0 Å². The summed E-state index contributed by atoms with van der Waals surface area (Å²) in [4.78, 5) is 7.39. The number of aliphatic imine (C=N–C) groups is 2. The van der Waals surface area contributed by atoms with E-state index in [0.29, 0.717) is 5.82 Å². The van der Waals surface area contributed by atoms with Crippen LogP contribution in [0.1, 0.15) is 13.3 Å². The maximum absolute atomic E-state index is 5.11. The number of nitrogens with zero attached hydrogens (tertiary/aromatic N) is 2. The molecule has 0 aliphatic carbocycles. The predicted octanol–water partition coefficient (Wildman–Crippen LogP) is 0.925. The minimum atomic E-state index is 0.469. The molecule has 0 fully saturated rings. The highest BCUT2D eigenvalue weighted by Crippen LogP contribution is 1.91. The van der Waals surface area contributed by atoms with E-state index < -0.39 is 0 Å². The van der Waals surface area contributed by atoms with Crippen LogP contribution in [0.4, 0.5) is 0 Å². The Labute approximate surface area is 55.0 Å². The second kappa shape index (κ2) is 5.03. The fraction of sp³-hybridized carbons (Fsp3) is 0.333. The lowest BCUT2D eigenvalue weighted by Crippen LogP contribution is -1.82. The molecule has 0 saturated heterocycles. The van der Waals surface area contributed by atoms with Crippen molar-refractivity contribution >= 4 is 12.9 Å². The maximum atomic E-state index is 5.11. The molecule has 0 saturated carbocycles. The summed E-state index contributed by atoms with van der Waals surface area (Å²) in [5.41, 5.74) is 5.11. The van der Waals surface area contributed by atoms with Gasteiger partial charge in [0.1, 0.15) is 0 Å². The molecule has 0 amide bonds. The van der Waals surface area contributed by atoms with E-state index in [9.17, 15) is 0 Å². The third-order valence-corrected chi connectivity index (χ3v) is 0.717. The summed E-state index contributed by atoms with van der Waals surface area (Å²) < 4.78 is 0. The largest absolute Gasteiger partial charge is 0.402 e. The summed E-state index contributed by atoms with van der Waals surface area (Å²) in [5, 5.41) is 0. The molecule has 0 aromatic heterocycles. The molecular formula is C6H11N3. The lowest BCUT2D eigenvalue weighted by Gasteiger charge is -1.86. The first kappa shape index (κ1) is 7.88. The Kier molecular flexibility index (Phi) is 4.40. The monoisotopic (exact) mass is 125 g/mol. The Hall–Kier alpha value is -1.12. The Morgan fingerprint density at radius 3 is 2.78 bits per heavy atom. The fourth-order valence-electron chi connectivity index (χ4n) is 0.321. The second-order valence-electron chi connectivity index (χ2n) is 1.40.